The second-order valence-electron chi connectivity index (χ2n) is 10.5. The number of fused-ring (bicyclic) bond motifs is 1. The lowest BCUT2D eigenvalue weighted by Gasteiger charge is -2.37. The van der Waals surface area contributed by atoms with Gasteiger partial charge in [0.1, 0.15) is 24.0 Å². The van der Waals surface area contributed by atoms with Crippen molar-refractivity contribution in [2.75, 3.05) is 13.1 Å². The Morgan fingerprint density at radius 2 is 1.67 bits per heavy atom. The van der Waals surface area contributed by atoms with Crippen LogP contribution in [0, 0.1) is 0 Å². The molecule has 0 bridgehead atoms. The van der Waals surface area contributed by atoms with Crippen molar-refractivity contribution in [3.05, 3.63) is 89.5 Å². The second kappa shape index (κ2) is 12.0. The van der Waals surface area contributed by atoms with Crippen molar-refractivity contribution < 1.29 is 29.0 Å². The van der Waals surface area contributed by atoms with Crippen LogP contribution in [-0.4, -0.2) is 46.7 Å². The van der Waals surface area contributed by atoms with Crippen molar-refractivity contribution in [2.45, 2.75) is 51.9 Å². The number of amides is 2. The molecule has 0 aromatic heterocycles. The number of nitrogens with one attached hydrogen (secondary N) is 1. The average Bonchev–Trinajstić information content (AvgIpc) is 2.91. The van der Waals surface area contributed by atoms with Gasteiger partial charge < -0.3 is 19.9 Å². The fraction of sp³-hybridized carbons (Fsp3) is 0.323. The number of carbonyl (C=O) groups excluding carboxylic acids is 3. The Labute approximate surface area is 228 Å². The molecule has 2 amide bonds. The van der Waals surface area contributed by atoms with Crippen LogP contribution < -0.4 is 5.32 Å². The number of rotatable bonds is 7. The number of aromatic hydroxyl groups is 1. The molecule has 1 aliphatic heterocycles. The lowest BCUT2D eigenvalue weighted by Crippen LogP contribution is -2.49. The van der Waals surface area contributed by atoms with Gasteiger partial charge in [-0.05, 0) is 67.1 Å². The van der Waals surface area contributed by atoms with Crippen molar-refractivity contribution in [2.24, 2.45) is 0 Å². The standard InChI is InChI=1S/C31H34N2O6/c1-31(2,3)39-30(37)33-18-16-24-13-14-25(34)19-26(24)28(33)29(36)32-17-15-27(35)38-20-21-9-11-23(12-10-21)22-7-5-4-6-8-22/h4-14,19,28,34H,15-18,20H2,1-3H3,(H,32,36)/t28-/m0/s1. The molecule has 39 heavy (non-hydrogen) atoms. The predicted octanol–water partition coefficient (Wildman–Crippen LogP) is 5.14. The summed E-state index contributed by atoms with van der Waals surface area (Å²) < 4.78 is 10.9. The first kappa shape index (κ1) is 27.7. The summed E-state index contributed by atoms with van der Waals surface area (Å²) in [7, 11) is 0. The second-order valence-corrected chi connectivity index (χ2v) is 10.5. The molecule has 0 aliphatic carbocycles. The van der Waals surface area contributed by atoms with E-state index in [1.807, 2.05) is 54.6 Å². The molecule has 1 atom stereocenters. The first-order chi connectivity index (χ1) is 18.6. The van der Waals surface area contributed by atoms with Crippen molar-refractivity contribution in [3.63, 3.8) is 0 Å². The minimum absolute atomic E-state index is 0.00188. The molecule has 1 heterocycles. The van der Waals surface area contributed by atoms with E-state index in [2.05, 4.69) is 5.32 Å². The lowest BCUT2D eigenvalue weighted by atomic mass is 9.92. The van der Waals surface area contributed by atoms with Crippen LogP contribution in [0.1, 0.15) is 49.9 Å². The number of hydrogen-bond donors (Lipinski definition) is 2. The van der Waals surface area contributed by atoms with Crippen LogP contribution >= 0.6 is 0 Å². The highest BCUT2D eigenvalue weighted by Gasteiger charge is 2.38. The third-order valence-corrected chi connectivity index (χ3v) is 6.32. The van der Waals surface area contributed by atoms with Gasteiger partial charge in [0.05, 0.1) is 6.42 Å². The number of ether oxygens (including phenoxy) is 2. The van der Waals surface area contributed by atoms with Crippen LogP contribution in [0.3, 0.4) is 0 Å². The van der Waals surface area contributed by atoms with Gasteiger partial charge in [-0.15, -0.1) is 0 Å². The van der Waals surface area contributed by atoms with E-state index in [1.54, 1.807) is 32.9 Å². The van der Waals surface area contributed by atoms with E-state index in [4.69, 9.17) is 9.47 Å². The van der Waals surface area contributed by atoms with Gasteiger partial charge in [0, 0.05) is 13.1 Å². The fourth-order valence-corrected chi connectivity index (χ4v) is 4.45. The van der Waals surface area contributed by atoms with Gasteiger partial charge in [0.2, 0.25) is 5.91 Å². The summed E-state index contributed by atoms with van der Waals surface area (Å²) in [5.74, 6) is -0.914. The molecule has 0 radical (unpaired) electrons. The summed E-state index contributed by atoms with van der Waals surface area (Å²) in [5.41, 5.74) is 3.71. The molecule has 8 nitrogen and oxygen atoms in total. The monoisotopic (exact) mass is 530 g/mol. The fourth-order valence-electron chi connectivity index (χ4n) is 4.45. The van der Waals surface area contributed by atoms with E-state index in [-0.39, 0.29) is 31.9 Å². The zero-order valence-corrected chi connectivity index (χ0v) is 22.5. The zero-order chi connectivity index (χ0) is 28.0. The van der Waals surface area contributed by atoms with Gasteiger partial charge in [-0.3, -0.25) is 14.5 Å². The molecular weight excluding hydrogens is 496 g/mol. The van der Waals surface area contributed by atoms with E-state index in [9.17, 15) is 19.5 Å². The maximum absolute atomic E-state index is 13.3. The molecular formula is C31H34N2O6. The number of benzene rings is 3. The molecule has 4 rings (SSSR count). The van der Waals surface area contributed by atoms with E-state index in [0.717, 1.165) is 22.3 Å². The Kier molecular flexibility index (Phi) is 8.54. The number of phenols is 1. The number of nitrogens with zero attached hydrogens (tertiary/aromatic N) is 1. The smallest absolute Gasteiger partial charge is 0.411 e. The molecule has 1 aliphatic rings. The summed E-state index contributed by atoms with van der Waals surface area (Å²) >= 11 is 0. The van der Waals surface area contributed by atoms with Gasteiger partial charge in [-0.1, -0.05) is 60.7 Å². The maximum atomic E-state index is 13.3. The normalized spacial score (nSPS) is 14.7. The van der Waals surface area contributed by atoms with E-state index in [0.29, 0.717) is 12.0 Å². The molecule has 3 aromatic rings. The number of esters is 1. The number of hydrogen-bond acceptors (Lipinski definition) is 6. The van der Waals surface area contributed by atoms with Crippen LogP contribution in [0.2, 0.25) is 0 Å². The van der Waals surface area contributed by atoms with Gasteiger partial charge in [-0.2, -0.15) is 0 Å². The van der Waals surface area contributed by atoms with Crippen LogP contribution in [0.25, 0.3) is 11.1 Å². The van der Waals surface area contributed by atoms with E-state index < -0.39 is 29.6 Å². The Balaban J connectivity index is 1.33. The van der Waals surface area contributed by atoms with Crippen LogP contribution in [0.15, 0.2) is 72.8 Å². The Hall–Kier alpha value is -4.33. The topological polar surface area (TPSA) is 105 Å². The van der Waals surface area contributed by atoms with Crippen molar-refractivity contribution in [1.82, 2.24) is 10.2 Å². The Morgan fingerprint density at radius 1 is 0.974 bits per heavy atom. The lowest BCUT2D eigenvalue weighted by molar-refractivity contribution is -0.144. The van der Waals surface area contributed by atoms with Gasteiger partial charge in [-0.25, -0.2) is 4.79 Å². The Bertz CT molecular complexity index is 1320. The molecule has 2 N–H and O–H groups in total. The van der Waals surface area contributed by atoms with Gasteiger partial charge >= 0.3 is 12.1 Å². The summed E-state index contributed by atoms with van der Waals surface area (Å²) in [4.78, 5) is 39.9. The summed E-state index contributed by atoms with van der Waals surface area (Å²) in [6.07, 6.45) is -0.119. The SMILES string of the molecule is CC(C)(C)OC(=O)N1CCc2ccc(O)cc2[C@H]1C(=O)NCCC(=O)OCc1ccc(-c2ccccc2)cc1. The highest BCUT2D eigenvalue weighted by molar-refractivity contribution is 5.88. The summed E-state index contributed by atoms with van der Waals surface area (Å²) in [6, 6.07) is 21.6. The largest absolute Gasteiger partial charge is 0.508 e. The summed E-state index contributed by atoms with van der Waals surface area (Å²) in [6.45, 7) is 5.73. The van der Waals surface area contributed by atoms with Crippen molar-refractivity contribution in [3.8, 4) is 16.9 Å². The van der Waals surface area contributed by atoms with Crippen LogP contribution in [0.5, 0.6) is 5.75 Å². The third kappa shape index (κ3) is 7.37. The maximum Gasteiger partial charge on any atom is 0.411 e. The summed E-state index contributed by atoms with van der Waals surface area (Å²) in [5, 5.41) is 12.8. The number of carbonyl (C=O) groups is 3. The van der Waals surface area contributed by atoms with E-state index in [1.165, 1.54) is 11.0 Å². The molecule has 3 aromatic carbocycles. The molecule has 0 spiro atoms. The van der Waals surface area contributed by atoms with Crippen molar-refractivity contribution in [1.29, 1.82) is 0 Å². The molecule has 0 fully saturated rings. The van der Waals surface area contributed by atoms with Crippen LogP contribution in [0.4, 0.5) is 4.79 Å². The predicted molar refractivity (Wildman–Crippen MR) is 147 cm³/mol. The molecule has 0 unspecified atom stereocenters. The minimum atomic E-state index is -0.991. The zero-order valence-electron chi connectivity index (χ0n) is 22.5. The molecule has 204 valence electrons. The average molecular weight is 531 g/mol. The van der Waals surface area contributed by atoms with E-state index >= 15 is 0 Å². The molecule has 0 saturated heterocycles. The highest BCUT2D eigenvalue weighted by atomic mass is 16.6. The van der Waals surface area contributed by atoms with Crippen LogP contribution in [-0.2, 0) is 32.1 Å². The molecule has 8 heteroatoms. The first-order valence-corrected chi connectivity index (χ1v) is 13.0. The first-order valence-electron chi connectivity index (χ1n) is 13.0. The van der Waals surface area contributed by atoms with Gasteiger partial charge in [0.25, 0.3) is 0 Å². The Morgan fingerprint density at radius 3 is 2.36 bits per heavy atom. The third-order valence-electron chi connectivity index (χ3n) is 6.32. The quantitative estimate of drug-likeness (QED) is 0.410. The van der Waals surface area contributed by atoms with Gasteiger partial charge in [0.15, 0.2) is 0 Å². The van der Waals surface area contributed by atoms with Crippen molar-refractivity contribution >= 4 is 18.0 Å². The number of phenolic OH excluding ortho intramolecular Hbond substituents is 1. The molecule has 0 saturated carbocycles. The highest BCUT2D eigenvalue weighted by Crippen LogP contribution is 2.33. The minimum Gasteiger partial charge on any atom is -0.508 e.